The Hall–Kier alpha value is -0.490. The van der Waals surface area contributed by atoms with Crippen LogP contribution in [0.25, 0.3) is 0 Å². The molecule has 1 rings (SSSR count). The van der Waals surface area contributed by atoms with Crippen molar-refractivity contribution < 1.29 is 14.3 Å². The SMILES string of the molecule is CN1C(=O)OCC1COC(=S)S. The Bertz CT molecular complexity index is 209. The molecule has 0 N–H and O–H groups in total. The van der Waals surface area contributed by atoms with Crippen molar-refractivity contribution in [3.05, 3.63) is 0 Å². The lowest BCUT2D eigenvalue weighted by Crippen LogP contribution is -2.33. The lowest BCUT2D eigenvalue weighted by Gasteiger charge is -2.15. The number of hydrogen-bond acceptors (Lipinski definition) is 4. The second-order valence-corrected chi connectivity index (χ2v) is 3.50. The molecule has 0 bridgehead atoms. The standard InChI is InChI=1S/C6H9NO3S2/c1-7-4(2-9-5(7)8)3-10-6(11)12/h4H,2-3H2,1H3,(H,11,12). The topological polar surface area (TPSA) is 38.8 Å². The van der Waals surface area contributed by atoms with E-state index in [1.807, 2.05) is 0 Å². The molecule has 0 aromatic heterocycles. The first-order chi connectivity index (χ1) is 5.61. The summed E-state index contributed by atoms with van der Waals surface area (Å²) in [5.74, 6) is 0. The van der Waals surface area contributed by atoms with Gasteiger partial charge in [0.05, 0.1) is 0 Å². The van der Waals surface area contributed by atoms with Crippen LogP contribution in [0, 0.1) is 0 Å². The number of amides is 1. The Morgan fingerprint density at radius 3 is 3.08 bits per heavy atom. The van der Waals surface area contributed by atoms with Gasteiger partial charge in [-0.25, -0.2) is 4.79 Å². The third kappa shape index (κ3) is 2.25. The number of thiocarbonyl (C=S) groups is 1. The molecule has 0 aromatic rings. The molecule has 1 amide bonds. The lowest BCUT2D eigenvalue weighted by atomic mass is 10.3. The molecule has 0 aromatic carbocycles. The minimum Gasteiger partial charge on any atom is -0.476 e. The Morgan fingerprint density at radius 1 is 2.00 bits per heavy atom. The fourth-order valence-electron chi connectivity index (χ4n) is 0.858. The normalized spacial score (nSPS) is 22.3. The Balaban J connectivity index is 2.34. The van der Waals surface area contributed by atoms with Crippen LogP contribution in [0.4, 0.5) is 4.79 Å². The summed E-state index contributed by atoms with van der Waals surface area (Å²) in [6, 6.07) is -0.0531. The van der Waals surface area contributed by atoms with Crippen molar-refractivity contribution in [2.75, 3.05) is 20.3 Å². The zero-order valence-electron chi connectivity index (χ0n) is 6.52. The fourth-order valence-corrected chi connectivity index (χ4v) is 1.00. The lowest BCUT2D eigenvalue weighted by molar-refractivity contribution is 0.162. The number of carbonyl (C=O) groups is 1. The van der Waals surface area contributed by atoms with E-state index >= 15 is 0 Å². The Kier molecular flexibility index (Phi) is 3.16. The maximum atomic E-state index is 10.8. The summed E-state index contributed by atoms with van der Waals surface area (Å²) in [6.45, 7) is 0.691. The van der Waals surface area contributed by atoms with Gasteiger partial charge < -0.3 is 14.4 Å². The maximum absolute atomic E-state index is 10.8. The first-order valence-electron chi connectivity index (χ1n) is 3.36. The maximum Gasteiger partial charge on any atom is 0.410 e. The number of carbonyl (C=O) groups excluding carboxylic acids is 1. The van der Waals surface area contributed by atoms with Crippen molar-refractivity contribution in [2.45, 2.75) is 6.04 Å². The van der Waals surface area contributed by atoms with Gasteiger partial charge in [-0.1, -0.05) is 12.6 Å². The molecule has 1 aliphatic rings. The van der Waals surface area contributed by atoms with E-state index in [0.717, 1.165) is 0 Å². The van der Waals surface area contributed by atoms with Crippen molar-refractivity contribution >= 4 is 35.3 Å². The van der Waals surface area contributed by atoms with E-state index in [9.17, 15) is 4.79 Å². The van der Waals surface area contributed by atoms with E-state index in [4.69, 9.17) is 9.47 Å². The van der Waals surface area contributed by atoms with Crippen LogP contribution in [0.2, 0.25) is 0 Å². The monoisotopic (exact) mass is 207 g/mol. The van der Waals surface area contributed by atoms with Crippen LogP contribution in [0.15, 0.2) is 0 Å². The summed E-state index contributed by atoms with van der Waals surface area (Å²) in [5, 5.41) is 0. The van der Waals surface area contributed by atoms with Crippen molar-refractivity contribution in [2.24, 2.45) is 0 Å². The van der Waals surface area contributed by atoms with Gasteiger partial charge in [-0.2, -0.15) is 0 Å². The van der Waals surface area contributed by atoms with E-state index in [-0.39, 0.29) is 16.5 Å². The molecule has 68 valence electrons. The number of ether oxygens (including phenoxy) is 2. The van der Waals surface area contributed by atoms with Crippen molar-refractivity contribution in [1.29, 1.82) is 0 Å². The third-order valence-electron chi connectivity index (χ3n) is 1.63. The largest absolute Gasteiger partial charge is 0.476 e. The summed E-state index contributed by atoms with van der Waals surface area (Å²) >= 11 is 8.38. The number of nitrogens with zero attached hydrogens (tertiary/aromatic N) is 1. The number of cyclic esters (lactones) is 1. The molecule has 4 nitrogen and oxygen atoms in total. The zero-order chi connectivity index (χ0) is 9.14. The summed E-state index contributed by atoms with van der Waals surface area (Å²) in [5.41, 5.74) is 0. The first kappa shape index (κ1) is 9.60. The van der Waals surface area contributed by atoms with E-state index in [1.165, 1.54) is 4.90 Å². The summed E-state index contributed by atoms with van der Waals surface area (Å²) in [4.78, 5) is 12.3. The van der Waals surface area contributed by atoms with Crippen molar-refractivity contribution in [3.8, 4) is 0 Å². The number of hydrogen-bond donors (Lipinski definition) is 1. The smallest absolute Gasteiger partial charge is 0.410 e. The molecule has 1 fully saturated rings. The molecule has 1 heterocycles. The molecular weight excluding hydrogens is 198 g/mol. The molecule has 0 saturated carbocycles. The highest BCUT2D eigenvalue weighted by molar-refractivity contribution is 8.10. The van der Waals surface area contributed by atoms with Crippen LogP contribution in [-0.4, -0.2) is 41.7 Å². The summed E-state index contributed by atoms with van der Waals surface area (Å²) in [6.07, 6.45) is -0.325. The number of rotatable bonds is 2. The van der Waals surface area contributed by atoms with Gasteiger partial charge in [0.15, 0.2) is 0 Å². The molecule has 12 heavy (non-hydrogen) atoms. The van der Waals surface area contributed by atoms with Crippen LogP contribution in [-0.2, 0) is 9.47 Å². The van der Waals surface area contributed by atoms with E-state index in [0.29, 0.717) is 13.2 Å². The predicted octanol–water partition coefficient (Wildman–Crippen LogP) is 0.668. The van der Waals surface area contributed by atoms with Gasteiger partial charge in [0.1, 0.15) is 19.3 Å². The fraction of sp³-hybridized carbons (Fsp3) is 0.667. The average molecular weight is 207 g/mol. The van der Waals surface area contributed by atoms with Crippen LogP contribution in [0.5, 0.6) is 0 Å². The van der Waals surface area contributed by atoms with E-state index < -0.39 is 0 Å². The van der Waals surface area contributed by atoms with E-state index in [1.54, 1.807) is 7.05 Å². The number of thiol groups is 1. The van der Waals surface area contributed by atoms with Gasteiger partial charge >= 0.3 is 6.09 Å². The van der Waals surface area contributed by atoms with Crippen molar-refractivity contribution in [3.63, 3.8) is 0 Å². The second kappa shape index (κ2) is 3.95. The molecule has 0 radical (unpaired) electrons. The molecule has 1 aliphatic heterocycles. The summed E-state index contributed by atoms with van der Waals surface area (Å²) in [7, 11) is 1.66. The zero-order valence-corrected chi connectivity index (χ0v) is 8.23. The minimum absolute atomic E-state index is 0.0531. The predicted molar refractivity (Wildman–Crippen MR) is 50.4 cm³/mol. The summed E-state index contributed by atoms with van der Waals surface area (Å²) < 4.78 is 9.90. The van der Waals surface area contributed by atoms with Gasteiger partial charge in [0.2, 0.25) is 4.38 Å². The van der Waals surface area contributed by atoms with Crippen LogP contribution in [0.1, 0.15) is 0 Å². The quantitative estimate of drug-likeness (QED) is 0.533. The number of likely N-dealkylation sites (N-methyl/N-ethyl adjacent to an activating group) is 1. The van der Waals surface area contributed by atoms with E-state index in [2.05, 4.69) is 24.8 Å². The minimum atomic E-state index is -0.325. The van der Waals surface area contributed by atoms with Crippen LogP contribution < -0.4 is 0 Å². The van der Waals surface area contributed by atoms with Crippen molar-refractivity contribution in [1.82, 2.24) is 4.90 Å². The van der Waals surface area contributed by atoms with Gasteiger partial charge in [0, 0.05) is 7.05 Å². The van der Waals surface area contributed by atoms with Gasteiger partial charge in [0.25, 0.3) is 0 Å². The third-order valence-corrected chi connectivity index (χ3v) is 1.88. The Morgan fingerprint density at radius 2 is 2.67 bits per heavy atom. The molecular formula is C6H9NO3S2. The van der Waals surface area contributed by atoms with Crippen LogP contribution in [0.3, 0.4) is 0 Å². The van der Waals surface area contributed by atoms with Gasteiger partial charge in [-0.15, -0.1) is 0 Å². The second-order valence-electron chi connectivity index (χ2n) is 2.42. The average Bonchev–Trinajstić information content (AvgIpc) is 2.30. The molecule has 6 heteroatoms. The molecule has 1 unspecified atom stereocenters. The highest BCUT2D eigenvalue weighted by atomic mass is 32.1. The highest BCUT2D eigenvalue weighted by Crippen LogP contribution is 2.09. The van der Waals surface area contributed by atoms with Gasteiger partial charge in [-0.3, -0.25) is 0 Å². The molecule has 0 aliphatic carbocycles. The highest BCUT2D eigenvalue weighted by Gasteiger charge is 2.29. The molecule has 0 spiro atoms. The Labute approximate surface area is 81.2 Å². The first-order valence-corrected chi connectivity index (χ1v) is 4.22. The van der Waals surface area contributed by atoms with Gasteiger partial charge in [-0.05, 0) is 12.2 Å². The molecule has 1 saturated heterocycles. The van der Waals surface area contributed by atoms with Crippen LogP contribution >= 0.6 is 24.8 Å². The molecule has 1 atom stereocenters.